The van der Waals surface area contributed by atoms with E-state index in [4.69, 9.17) is 14.2 Å². The van der Waals surface area contributed by atoms with E-state index in [9.17, 15) is 21.9 Å². The van der Waals surface area contributed by atoms with Crippen LogP contribution < -0.4 is 0 Å². The van der Waals surface area contributed by atoms with E-state index in [1.54, 1.807) is 0 Å². The van der Waals surface area contributed by atoms with Gasteiger partial charge in [-0.15, -0.1) is 0 Å². The van der Waals surface area contributed by atoms with Crippen LogP contribution in [-0.2, 0) is 20.2 Å². The van der Waals surface area contributed by atoms with Crippen molar-refractivity contribution < 1.29 is 36.2 Å². The Kier molecular flexibility index (Phi) is 7.36. The van der Waals surface area contributed by atoms with Gasteiger partial charge in [0.15, 0.2) is 0 Å². The molecule has 0 saturated carbocycles. The van der Waals surface area contributed by atoms with E-state index in [0.29, 0.717) is 0 Å². The average Bonchev–Trinajstić information content (AvgIpc) is 2.23. The minimum atomic E-state index is -4.48. The lowest BCUT2D eigenvalue weighted by Crippen LogP contribution is -2.47. The van der Waals surface area contributed by atoms with Gasteiger partial charge in [0.25, 0.3) is 20.2 Å². The molecule has 0 fully saturated rings. The fourth-order valence-corrected chi connectivity index (χ4v) is 3.03. The van der Waals surface area contributed by atoms with Crippen LogP contribution in [0.4, 0.5) is 0 Å². The van der Waals surface area contributed by atoms with Crippen LogP contribution in [0.3, 0.4) is 0 Å². The summed E-state index contributed by atoms with van der Waals surface area (Å²) in [6.45, 7) is 0.0347. The van der Waals surface area contributed by atoms with Gasteiger partial charge in [-0.05, 0) is 6.42 Å². The summed E-state index contributed by atoms with van der Waals surface area (Å²) in [5.41, 5.74) is 0. The van der Waals surface area contributed by atoms with Crippen LogP contribution in [0.25, 0.3) is 0 Å². The van der Waals surface area contributed by atoms with Crippen molar-refractivity contribution >= 4 is 20.2 Å². The molecule has 4 N–H and O–H groups in total. The second-order valence-corrected chi connectivity index (χ2v) is 7.14. The molecule has 11 heteroatoms. The number of aliphatic hydroxyl groups excluding tert-OH is 2. The number of aliphatic hydroxyl groups is 2. The van der Waals surface area contributed by atoms with Crippen molar-refractivity contribution in [1.29, 1.82) is 0 Å². The SMILES string of the molecule is CCC(N(CCS(=O)(=O)O)CC(O)CO)S(=O)(=O)O. The lowest BCUT2D eigenvalue weighted by atomic mass is 10.3. The topological polar surface area (TPSA) is 152 Å². The van der Waals surface area contributed by atoms with Gasteiger partial charge in [-0.2, -0.15) is 16.8 Å². The van der Waals surface area contributed by atoms with Crippen molar-refractivity contribution in [2.24, 2.45) is 0 Å². The van der Waals surface area contributed by atoms with Gasteiger partial charge < -0.3 is 10.2 Å². The maximum absolute atomic E-state index is 11.2. The number of hydrogen-bond donors (Lipinski definition) is 4. The van der Waals surface area contributed by atoms with E-state index >= 15 is 0 Å². The number of hydrogen-bond acceptors (Lipinski definition) is 7. The summed E-state index contributed by atoms with van der Waals surface area (Å²) in [5.74, 6) is -0.753. The number of nitrogens with zero attached hydrogens (tertiary/aromatic N) is 1. The zero-order valence-corrected chi connectivity index (χ0v) is 12.0. The Balaban J connectivity index is 5.03. The molecule has 2 unspecified atom stereocenters. The van der Waals surface area contributed by atoms with Crippen LogP contribution in [0, 0.1) is 0 Å². The Morgan fingerprint density at radius 3 is 2.00 bits per heavy atom. The molecule has 0 aromatic carbocycles. The molecule has 0 aromatic rings. The first kappa shape index (κ1) is 18.7. The molecule has 0 amide bonds. The molecule has 19 heavy (non-hydrogen) atoms. The van der Waals surface area contributed by atoms with E-state index in [1.807, 2.05) is 0 Å². The van der Waals surface area contributed by atoms with Crippen molar-refractivity contribution in [3.05, 3.63) is 0 Å². The number of rotatable bonds is 9. The van der Waals surface area contributed by atoms with Gasteiger partial charge in [-0.3, -0.25) is 14.0 Å². The van der Waals surface area contributed by atoms with Crippen molar-refractivity contribution in [3.63, 3.8) is 0 Å². The summed E-state index contributed by atoms with van der Waals surface area (Å²) in [6.07, 6.45) is -1.35. The molecule has 2 atom stereocenters. The van der Waals surface area contributed by atoms with Crippen LogP contribution in [0.5, 0.6) is 0 Å². The average molecular weight is 321 g/mol. The quantitative estimate of drug-likeness (QED) is 0.358. The Morgan fingerprint density at radius 2 is 1.68 bits per heavy atom. The van der Waals surface area contributed by atoms with Crippen LogP contribution >= 0.6 is 0 Å². The highest BCUT2D eigenvalue weighted by Crippen LogP contribution is 2.12. The zero-order chi connectivity index (χ0) is 15.3. The van der Waals surface area contributed by atoms with Crippen molar-refractivity contribution in [2.45, 2.75) is 24.8 Å². The highest BCUT2D eigenvalue weighted by molar-refractivity contribution is 7.86. The van der Waals surface area contributed by atoms with Gasteiger partial charge in [-0.25, -0.2) is 0 Å². The predicted molar refractivity (Wildman–Crippen MR) is 66.7 cm³/mol. The molecule has 0 bridgehead atoms. The maximum atomic E-state index is 11.2. The monoisotopic (exact) mass is 321 g/mol. The fourth-order valence-electron chi connectivity index (χ4n) is 1.57. The van der Waals surface area contributed by atoms with Gasteiger partial charge in [0.1, 0.15) is 5.37 Å². The van der Waals surface area contributed by atoms with E-state index in [1.165, 1.54) is 6.92 Å². The van der Waals surface area contributed by atoms with Crippen LogP contribution in [-0.4, -0.2) is 78.0 Å². The minimum absolute atomic E-state index is 0.0531. The summed E-state index contributed by atoms with van der Waals surface area (Å²) in [6, 6.07) is 0. The zero-order valence-electron chi connectivity index (χ0n) is 10.4. The fraction of sp³-hybridized carbons (Fsp3) is 1.00. The third kappa shape index (κ3) is 7.77. The molecule has 0 rings (SSSR count). The summed E-state index contributed by atoms with van der Waals surface area (Å²) in [7, 11) is -8.79. The Bertz CT molecular complexity index is 459. The minimum Gasteiger partial charge on any atom is -0.394 e. The van der Waals surface area contributed by atoms with Gasteiger partial charge in [0.2, 0.25) is 0 Å². The lowest BCUT2D eigenvalue weighted by molar-refractivity contribution is 0.0551. The Hall–Kier alpha value is -0.300. The molecule has 0 aliphatic heterocycles. The van der Waals surface area contributed by atoms with Crippen molar-refractivity contribution in [1.82, 2.24) is 4.90 Å². The van der Waals surface area contributed by atoms with Crippen LogP contribution in [0.2, 0.25) is 0 Å². The first-order valence-corrected chi connectivity index (χ1v) is 8.57. The van der Waals surface area contributed by atoms with Crippen molar-refractivity contribution in [3.8, 4) is 0 Å². The second kappa shape index (κ2) is 7.47. The molecule has 0 heterocycles. The molecule has 116 valence electrons. The molecular formula is C8H19NO8S2. The van der Waals surface area contributed by atoms with E-state index < -0.39 is 50.6 Å². The first-order chi connectivity index (χ1) is 8.51. The summed E-state index contributed by atoms with van der Waals surface area (Å²) >= 11 is 0. The van der Waals surface area contributed by atoms with Gasteiger partial charge in [0, 0.05) is 13.1 Å². The molecule has 0 aliphatic rings. The third-order valence-corrected chi connectivity index (χ3v) is 4.41. The standard InChI is InChI=1S/C8H19NO8S2/c1-2-8(19(15,16)17)9(5-7(11)6-10)3-4-18(12,13)14/h7-8,10-11H,2-6H2,1H3,(H,12,13,14)(H,15,16,17). The smallest absolute Gasteiger partial charge is 0.281 e. The molecule has 0 radical (unpaired) electrons. The highest BCUT2D eigenvalue weighted by Gasteiger charge is 2.30. The molecule has 0 saturated heterocycles. The van der Waals surface area contributed by atoms with Crippen LogP contribution in [0.15, 0.2) is 0 Å². The first-order valence-electron chi connectivity index (χ1n) is 5.45. The summed E-state index contributed by atoms with van der Waals surface area (Å²) < 4.78 is 61.3. The normalized spacial score (nSPS) is 16.5. The largest absolute Gasteiger partial charge is 0.394 e. The third-order valence-electron chi connectivity index (χ3n) is 2.39. The molecule has 0 spiro atoms. The molecule has 0 aromatic heterocycles. The van der Waals surface area contributed by atoms with E-state index in [2.05, 4.69) is 0 Å². The molecule has 0 aliphatic carbocycles. The van der Waals surface area contributed by atoms with Crippen LogP contribution in [0.1, 0.15) is 13.3 Å². The summed E-state index contributed by atoms with van der Waals surface area (Å²) in [4.78, 5) is 0.976. The second-order valence-electron chi connectivity index (χ2n) is 4.00. The Labute approximate surface area is 112 Å². The van der Waals surface area contributed by atoms with Gasteiger partial charge >= 0.3 is 0 Å². The van der Waals surface area contributed by atoms with E-state index in [-0.39, 0.29) is 13.0 Å². The maximum Gasteiger partial charge on any atom is 0.281 e. The van der Waals surface area contributed by atoms with Gasteiger partial charge in [-0.1, -0.05) is 6.92 Å². The Morgan fingerprint density at radius 1 is 1.16 bits per heavy atom. The summed E-state index contributed by atoms with van der Waals surface area (Å²) in [5, 5.41) is 16.6. The lowest BCUT2D eigenvalue weighted by Gasteiger charge is -2.29. The predicted octanol–water partition coefficient (Wildman–Crippen LogP) is -1.85. The molecule has 9 nitrogen and oxygen atoms in total. The van der Waals surface area contributed by atoms with Gasteiger partial charge in [0.05, 0.1) is 18.5 Å². The van der Waals surface area contributed by atoms with E-state index in [0.717, 1.165) is 4.90 Å². The van der Waals surface area contributed by atoms with Crippen molar-refractivity contribution in [2.75, 3.05) is 25.4 Å². The molecular weight excluding hydrogens is 302 g/mol. The highest BCUT2D eigenvalue weighted by atomic mass is 32.2.